The molecule has 1 saturated carbocycles. The van der Waals surface area contributed by atoms with Crippen molar-refractivity contribution < 1.29 is 13.2 Å². The first-order valence-corrected chi connectivity index (χ1v) is 7.15. The zero-order valence-electron chi connectivity index (χ0n) is 9.90. The second-order valence-electron chi connectivity index (χ2n) is 4.19. The van der Waals surface area contributed by atoms with E-state index in [1.165, 1.54) is 4.31 Å². The van der Waals surface area contributed by atoms with Crippen LogP contribution in [-0.4, -0.2) is 38.1 Å². The van der Waals surface area contributed by atoms with E-state index >= 15 is 0 Å². The smallest absolute Gasteiger partial charge is 0.279 e. The second kappa shape index (κ2) is 5.75. The Kier molecular flexibility index (Phi) is 4.89. The monoisotopic (exact) mass is 248 g/mol. The molecule has 1 aliphatic carbocycles. The average Bonchev–Trinajstić information content (AvgIpc) is 2.26. The third-order valence-corrected chi connectivity index (χ3v) is 4.57. The minimum atomic E-state index is -3.37. The molecule has 1 fully saturated rings. The maximum atomic E-state index is 11.8. The summed E-state index contributed by atoms with van der Waals surface area (Å²) in [6, 6.07) is -0.0351. The van der Waals surface area contributed by atoms with Gasteiger partial charge < -0.3 is 0 Å². The molecule has 0 heterocycles. The van der Waals surface area contributed by atoms with Crippen molar-refractivity contribution >= 4 is 16.0 Å². The van der Waals surface area contributed by atoms with Crippen LogP contribution in [0, 0.1) is 0 Å². The number of carbonyl (C=O) groups excluding carboxylic acids is 1. The fraction of sp³-hybridized carbons (Fsp3) is 0.900. The van der Waals surface area contributed by atoms with Crippen LogP contribution in [0.15, 0.2) is 0 Å². The molecule has 0 unspecified atom stereocenters. The first kappa shape index (κ1) is 13.6. The van der Waals surface area contributed by atoms with Gasteiger partial charge in [0.1, 0.15) is 5.78 Å². The highest BCUT2D eigenvalue weighted by atomic mass is 32.2. The molecule has 0 aliphatic heterocycles. The van der Waals surface area contributed by atoms with Crippen molar-refractivity contribution in [3.8, 4) is 0 Å². The lowest BCUT2D eigenvalue weighted by atomic mass is 9.95. The van der Waals surface area contributed by atoms with Gasteiger partial charge in [0, 0.05) is 32.5 Å². The summed E-state index contributed by atoms with van der Waals surface area (Å²) in [7, 11) is -1.79. The van der Waals surface area contributed by atoms with Crippen molar-refractivity contribution in [1.82, 2.24) is 9.03 Å². The molecular formula is C10H20N2O3S. The van der Waals surface area contributed by atoms with Crippen molar-refractivity contribution in [3.63, 3.8) is 0 Å². The first-order chi connectivity index (χ1) is 7.47. The van der Waals surface area contributed by atoms with E-state index in [1.807, 2.05) is 6.92 Å². The van der Waals surface area contributed by atoms with Crippen molar-refractivity contribution in [2.45, 2.75) is 45.1 Å². The Morgan fingerprint density at radius 3 is 2.44 bits per heavy atom. The van der Waals surface area contributed by atoms with Gasteiger partial charge in [-0.05, 0) is 19.3 Å². The molecular weight excluding hydrogens is 228 g/mol. The minimum Gasteiger partial charge on any atom is -0.300 e. The number of carbonyl (C=O) groups is 1. The Labute approximate surface area is 97.4 Å². The molecule has 1 N–H and O–H groups in total. The van der Waals surface area contributed by atoms with E-state index < -0.39 is 10.2 Å². The van der Waals surface area contributed by atoms with Gasteiger partial charge in [-0.15, -0.1) is 0 Å². The second-order valence-corrected chi connectivity index (χ2v) is 6.00. The molecule has 0 aromatic carbocycles. The molecule has 6 heteroatoms. The Balaban J connectivity index is 2.56. The van der Waals surface area contributed by atoms with Crippen LogP contribution in [0.1, 0.15) is 39.0 Å². The summed E-state index contributed by atoms with van der Waals surface area (Å²) < 4.78 is 27.5. The van der Waals surface area contributed by atoms with Gasteiger partial charge in [-0.1, -0.05) is 6.92 Å². The summed E-state index contributed by atoms with van der Waals surface area (Å²) in [6.07, 6.45) is 3.05. The number of Topliss-reactive ketones (excluding diaryl/α,β-unsaturated/α-hetero) is 1. The molecule has 0 amide bonds. The van der Waals surface area contributed by atoms with Crippen LogP contribution in [0.5, 0.6) is 0 Å². The summed E-state index contributed by atoms with van der Waals surface area (Å²) in [5, 5.41) is 0. The maximum absolute atomic E-state index is 11.8. The Bertz CT molecular complexity index is 330. The first-order valence-electron chi connectivity index (χ1n) is 5.71. The quantitative estimate of drug-likeness (QED) is 0.778. The number of rotatable bonds is 5. The highest BCUT2D eigenvalue weighted by Gasteiger charge is 2.29. The molecule has 0 atom stereocenters. The number of ketones is 1. The van der Waals surface area contributed by atoms with Crippen LogP contribution in [-0.2, 0) is 15.0 Å². The van der Waals surface area contributed by atoms with Crippen LogP contribution in [0.2, 0.25) is 0 Å². The SMILES string of the molecule is CCCNS(=O)(=O)N(C)C1CCC(=O)CC1. The van der Waals surface area contributed by atoms with E-state index in [0.717, 1.165) is 6.42 Å². The molecule has 94 valence electrons. The molecule has 16 heavy (non-hydrogen) atoms. The lowest BCUT2D eigenvalue weighted by molar-refractivity contribution is -0.120. The zero-order chi connectivity index (χ0) is 12.2. The molecule has 5 nitrogen and oxygen atoms in total. The molecule has 1 aliphatic rings. The van der Waals surface area contributed by atoms with Crippen LogP contribution < -0.4 is 4.72 Å². The number of hydrogen-bond donors (Lipinski definition) is 1. The Hall–Kier alpha value is -0.460. The Morgan fingerprint density at radius 2 is 1.94 bits per heavy atom. The minimum absolute atomic E-state index is 0.0351. The highest BCUT2D eigenvalue weighted by molar-refractivity contribution is 7.87. The average molecular weight is 248 g/mol. The molecule has 0 aromatic rings. The van der Waals surface area contributed by atoms with Gasteiger partial charge in [0.05, 0.1) is 0 Å². The summed E-state index contributed by atoms with van der Waals surface area (Å²) in [5.41, 5.74) is 0. The number of nitrogens with one attached hydrogen (secondary N) is 1. The van der Waals surface area contributed by atoms with E-state index in [1.54, 1.807) is 7.05 Å². The van der Waals surface area contributed by atoms with Gasteiger partial charge in [0.15, 0.2) is 0 Å². The highest BCUT2D eigenvalue weighted by Crippen LogP contribution is 2.20. The topological polar surface area (TPSA) is 66.5 Å². The van der Waals surface area contributed by atoms with E-state index in [4.69, 9.17) is 0 Å². The number of hydrogen-bond acceptors (Lipinski definition) is 3. The summed E-state index contributed by atoms with van der Waals surface area (Å²) in [5.74, 6) is 0.239. The van der Waals surface area contributed by atoms with E-state index in [0.29, 0.717) is 32.2 Å². The molecule has 1 rings (SSSR count). The van der Waals surface area contributed by atoms with E-state index in [2.05, 4.69) is 4.72 Å². The predicted octanol–water partition coefficient (Wildman–Crippen LogP) is 0.674. The van der Waals surface area contributed by atoms with Crippen molar-refractivity contribution in [3.05, 3.63) is 0 Å². The molecule has 0 aromatic heterocycles. The largest absolute Gasteiger partial charge is 0.300 e. The summed E-state index contributed by atoms with van der Waals surface area (Å²) in [4.78, 5) is 11.1. The van der Waals surface area contributed by atoms with Crippen molar-refractivity contribution in [2.24, 2.45) is 0 Å². The molecule has 0 spiro atoms. The van der Waals surface area contributed by atoms with Gasteiger partial charge in [0.2, 0.25) is 0 Å². The molecule has 0 saturated heterocycles. The fourth-order valence-electron chi connectivity index (χ4n) is 1.82. The lowest BCUT2D eigenvalue weighted by Crippen LogP contribution is -2.45. The van der Waals surface area contributed by atoms with Gasteiger partial charge in [-0.2, -0.15) is 12.7 Å². The van der Waals surface area contributed by atoms with Crippen LogP contribution in [0.4, 0.5) is 0 Å². The van der Waals surface area contributed by atoms with Gasteiger partial charge in [0.25, 0.3) is 10.2 Å². The third-order valence-electron chi connectivity index (χ3n) is 2.94. The molecule has 0 bridgehead atoms. The van der Waals surface area contributed by atoms with E-state index in [-0.39, 0.29) is 11.8 Å². The predicted molar refractivity (Wildman–Crippen MR) is 62.2 cm³/mol. The van der Waals surface area contributed by atoms with Crippen molar-refractivity contribution in [1.29, 1.82) is 0 Å². The van der Waals surface area contributed by atoms with Gasteiger partial charge >= 0.3 is 0 Å². The normalized spacial score (nSPS) is 19.3. The zero-order valence-corrected chi connectivity index (χ0v) is 10.7. The molecule has 0 radical (unpaired) electrons. The number of nitrogens with zero attached hydrogens (tertiary/aromatic N) is 1. The van der Waals surface area contributed by atoms with Crippen LogP contribution in [0.3, 0.4) is 0 Å². The summed E-state index contributed by atoms with van der Waals surface area (Å²) >= 11 is 0. The fourth-order valence-corrected chi connectivity index (χ4v) is 3.09. The van der Waals surface area contributed by atoms with Gasteiger partial charge in [-0.25, -0.2) is 4.72 Å². The Morgan fingerprint density at radius 1 is 1.38 bits per heavy atom. The van der Waals surface area contributed by atoms with E-state index in [9.17, 15) is 13.2 Å². The van der Waals surface area contributed by atoms with Crippen molar-refractivity contribution in [2.75, 3.05) is 13.6 Å². The third kappa shape index (κ3) is 3.54. The maximum Gasteiger partial charge on any atom is 0.279 e. The summed E-state index contributed by atoms with van der Waals surface area (Å²) in [6.45, 7) is 2.38. The van der Waals surface area contributed by atoms with Crippen LogP contribution >= 0.6 is 0 Å². The van der Waals surface area contributed by atoms with Crippen LogP contribution in [0.25, 0.3) is 0 Å². The van der Waals surface area contributed by atoms with Gasteiger partial charge in [-0.3, -0.25) is 4.79 Å². The standard InChI is InChI=1S/C10H20N2O3S/c1-3-8-11-16(14,15)12(2)9-4-6-10(13)7-5-9/h9,11H,3-8H2,1-2H3. The lowest BCUT2D eigenvalue weighted by Gasteiger charge is -2.29.